The van der Waals surface area contributed by atoms with Gasteiger partial charge in [0.15, 0.2) is 0 Å². The zero-order chi connectivity index (χ0) is 14.3. The summed E-state index contributed by atoms with van der Waals surface area (Å²) in [6, 6.07) is 8.43. The van der Waals surface area contributed by atoms with Crippen molar-refractivity contribution in [2.24, 2.45) is 23.5 Å². The van der Waals surface area contributed by atoms with Gasteiger partial charge in [0.25, 0.3) is 0 Å². The molecule has 108 valence electrons. The van der Waals surface area contributed by atoms with Crippen LogP contribution in [0.1, 0.15) is 43.4 Å². The van der Waals surface area contributed by atoms with Crippen LogP contribution in [0.25, 0.3) is 0 Å². The van der Waals surface area contributed by atoms with E-state index in [4.69, 9.17) is 5.73 Å². The lowest BCUT2D eigenvalue weighted by Crippen LogP contribution is -2.45. The summed E-state index contributed by atoms with van der Waals surface area (Å²) in [4.78, 5) is 12.5. The van der Waals surface area contributed by atoms with Crippen LogP contribution in [0, 0.1) is 24.7 Å². The maximum absolute atomic E-state index is 12.5. The average Bonchev–Trinajstić information content (AvgIpc) is 2.99. The van der Waals surface area contributed by atoms with Crippen LogP contribution < -0.4 is 11.1 Å². The van der Waals surface area contributed by atoms with Crippen LogP contribution >= 0.6 is 0 Å². The molecule has 2 aliphatic carbocycles. The highest BCUT2D eigenvalue weighted by Crippen LogP contribution is 2.47. The van der Waals surface area contributed by atoms with Crippen LogP contribution in [0.2, 0.25) is 0 Å². The molecule has 3 N–H and O–H groups in total. The predicted molar refractivity (Wildman–Crippen MR) is 80.0 cm³/mol. The van der Waals surface area contributed by atoms with E-state index in [9.17, 15) is 4.79 Å². The fraction of sp³-hybridized carbons (Fsp3) is 0.588. The second kappa shape index (κ2) is 5.21. The van der Waals surface area contributed by atoms with Gasteiger partial charge in [0.1, 0.15) is 0 Å². The van der Waals surface area contributed by atoms with Gasteiger partial charge in [-0.3, -0.25) is 4.79 Å². The third-order valence-electron chi connectivity index (χ3n) is 5.18. The molecule has 3 heteroatoms. The van der Waals surface area contributed by atoms with Gasteiger partial charge in [0, 0.05) is 6.04 Å². The monoisotopic (exact) mass is 272 g/mol. The molecule has 3 nitrogen and oxygen atoms in total. The number of hydrogen-bond acceptors (Lipinski definition) is 2. The molecule has 2 aliphatic rings. The molecule has 2 saturated carbocycles. The number of nitrogens with one attached hydrogen (secondary N) is 1. The molecule has 2 bridgehead atoms. The Morgan fingerprint density at radius 1 is 1.35 bits per heavy atom. The van der Waals surface area contributed by atoms with Crippen molar-refractivity contribution in [2.45, 2.75) is 45.2 Å². The molecule has 4 unspecified atom stereocenters. The highest BCUT2D eigenvalue weighted by atomic mass is 16.2. The maximum Gasteiger partial charge on any atom is 0.225 e. The van der Waals surface area contributed by atoms with Gasteiger partial charge >= 0.3 is 0 Å². The SMILES string of the molecule is Cc1cccc([C@@H](C)NC(=O)C2C3CCC(C3)C2N)c1. The smallest absolute Gasteiger partial charge is 0.225 e. The number of nitrogens with two attached hydrogens (primary N) is 1. The first-order chi connectivity index (χ1) is 9.56. The molecule has 0 aromatic heterocycles. The number of fused-ring (bicyclic) bond motifs is 2. The molecule has 20 heavy (non-hydrogen) atoms. The van der Waals surface area contributed by atoms with Gasteiger partial charge in [-0.25, -0.2) is 0 Å². The van der Waals surface area contributed by atoms with Crippen LogP contribution in [0.5, 0.6) is 0 Å². The van der Waals surface area contributed by atoms with Gasteiger partial charge in [-0.1, -0.05) is 29.8 Å². The number of amides is 1. The number of carbonyl (C=O) groups excluding carboxylic acids is 1. The molecule has 3 rings (SSSR count). The Labute approximate surface area is 120 Å². The van der Waals surface area contributed by atoms with Gasteiger partial charge in [-0.15, -0.1) is 0 Å². The van der Waals surface area contributed by atoms with Gasteiger partial charge in [-0.2, -0.15) is 0 Å². The summed E-state index contributed by atoms with van der Waals surface area (Å²) >= 11 is 0. The van der Waals surface area contributed by atoms with Crippen molar-refractivity contribution in [3.05, 3.63) is 35.4 Å². The second-order valence-corrected chi connectivity index (χ2v) is 6.58. The van der Waals surface area contributed by atoms with E-state index >= 15 is 0 Å². The van der Waals surface area contributed by atoms with Crippen molar-refractivity contribution >= 4 is 5.91 Å². The molecule has 1 aromatic carbocycles. The van der Waals surface area contributed by atoms with Crippen molar-refractivity contribution in [3.63, 3.8) is 0 Å². The number of benzene rings is 1. The maximum atomic E-state index is 12.5. The Hall–Kier alpha value is -1.35. The van der Waals surface area contributed by atoms with Crippen LogP contribution in [0.15, 0.2) is 24.3 Å². The summed E-state index contributed by atoms with van der Waals surface area (Å²) in [5.74, 6) is 1.27. The molecule has 0 spiro atoms. The minimum absolute atomic E-state index is 0.0287. The zero-order valence-corrected chi connectivity index (χ0v) is 12.3. The van der Waals surface area contributed by atoms with Crippen molar-refractivity contribution in [2.75, 3.05) is 0 Å². The van der Waals surface area contributed by atoms with Crippen LogP contribution in [-0.2, 0) is 4.79 Å². The Morgan fingerprint density at radius 2 is 2.10 bits per heavy atom. The van der Waals surface area contributed by atoms with E-state index in [1.54, 1.807) is 0 Å². The lowest BCUT2D eigenvalue weighted by molar-refractivity contribution is -0.127. The lowest BCUT2D eigenvalue weighted by Gasteiger charge is -2.28. The van der Waals surface area contributed by atoms with E-state index < -0.39 is 0 Å². The molecule has 5 atom stereocenters. The summed E-state index contributed by atoms with van der Waals surface area (Å²) in [7, 11) is 0. The van der Waals surface area contributed by atoms with E-state index in [1.165, 1.54) is 18.4 Å². The minimum Gasteiger partial charge on any atom is -0.349 e. The van der Waals surface area contributed by atoms with Crippen molar-refractivity contribution in [1.29, 1.82) is 0 Å². The molecular weight excluding hydrogens is 248 g/mol. The Bertz CT molecular complexity index is 511. The van der Waals surface area contributed by atoms with Gasteiger partial charge < -0.3 is 11.1 Å². The van der Waals surface area contributed by atoms with Gasteiger partial charge in [0.05, 0.1) is 12.0 Å². The number of aryl methyl sites for hydroxylation is 1. The first-order valence-corrected chi connectivity index (χ1v) is 7.69. The summed E-state index contributed by atoms with van der Waals surface area (Å²) in [5, 5.41) is 3.16. The summed E-state index contributed by atoms with van der Waals surface area (Å²) < 4.78 is 0. The highest BCUT2D eigenvalue weighted by molar-refractivity contribution is 5.80. The molecule has 0 aliphatic heterocycles. The number of rotatable bonds is 3. The zero-order valence-electron chi connectivity index (χ0n) is 12.3. The Kier molecular flexibility index (Phi) is 3.55. The first kappa shape index (κ1) is 13.6. The average molecular weight is 272 g/mol. The fourth-order valence-electron chi connectivity index (χ4n) is 4.06. The number of hydrogen-bond donors (Lipinski definition) is 2. The van der Waals surface area contributed by atoms with E-state index in [1.807, 2.05) is 13.0 Å². The second-order valence-electron chi connectivity index (χ2n) is 6.58. The molecule has 1 aromatic rings. The van der Waals surface area contributed by atoms with E-state index in [0.29, 0.717) is 11.8 Å². The van der Waals surface area contributed by atoms with Crippen LogP contribution in [-0.4, -0.2) is 11.9 Å². The molecular formula is C17H24N2O. The lowest BCUT2D eigenvalue weighted by atomic mass is 9.84. The number of carbonyl (C=O) groups is 1. The van der Waals surface area contributed by atoms with Crippen molar-refractivity contribution in [1.82, 2.24) is 5.32 Å². The normalized spacial score (nSPS) is 33.1. The first-order valence-electron chi connectivity index (χ1n) is 7.69. The van der Waals surface area contributed by atoms with Crippen LogP contribution in [0.3, 0.4) is 0 Å². The highest BCUT2D eigenvalue weighted by Gasteiger charge is 2.49. The van der Waals surface area contributed by atoms with E-state index in [0.717, 1.165) is 12.0 Å². The van der Waals surface area contributed by atoms with E-state index in [-0.39, 0.29) is 23.9 Å². The molecule has 0 saturated heterocycles. The third-order valence-corrected chi connectivity index (χ3v) is 5.18. The Balaban J connectivity index is 1.67. The summed E-state index contributed by atoms with van der Waals surface area (Å²) in [5.41, 5.74) is 8.63. The van der Waals surface area contributed by atoms with E-state index in [2.05, 4.69) is 30.4 Å². The third kappa shape index (κ3) is 2.35. The summed E-state index contributed by atoms with van der Waals surface area (Å²) in [6.07, 6.45) is 3.54. The standard InChI is InChI=1S/C17H24N2O/c1-10-4-3-5-12(8-10)11(2)19-17(20)15-13-6-7-14(9-13)16(15)18/h3-5,8,11,13-16H,6-7,9,18H2,1-2H3,(H,19,20)/t11-,13?,14?,15?,16?/m1/s1. The largest absolute Gasteiger partial charge is 0.349 e. The molecule has 0 heterocycles. The predicted octanol–water partition coefficient (Wildman–Crippen LogP) is 2.55. The van der Waals surface area contributed by atoms with Gasteiger partial charge in [-0.05, 0) is 50.5 Å². The van der Waals surface area contributed by atoms with Gasteiger partial charge in [0.2, 0.25) is 5.91 Å². The fourth-order valence-corrected chi connectivity index (χ4v) is 4.06. The quantitative estimate of drug-likeness (QED) is 0.888. The minimum atomic E-state index is 0.0287. The topological polar surface area (TPSA) is 55.1 Å². The van der Waals surface area contributed by atoms with Crippen molar-refractivity contribution < 1.29 is 4.79 Å². The molecule has 1 amide bonds. The molecule has 2 fully saturated rings. The molecule has 0 radical (unpaired) electrons. The van der Waals surface area contributed by atoms with Crippen LogP contribution in [0.4, 0.5) is 0 Å². The summed E-state index contributed by atoms with van der Waals surface area (Å²) in [6.45, 7) is 4.12. The van der Waals surface area contributed by atoms with Crippen molar-refractivity contribution in [3.8, 4) is 0 Å². The Morgan fingerprint density at radius 3 is 2.75 bits per heavy atom.